The van der Waals surface area contributed by atoms with Crippen molar-refractivity contribution < 1.29 is 19.1 Å². The Balaban J connectivity index is 2.24. The van der Waals surface area contributed by atoms with Gasteiger partial charge in [-0.25, -0.2) is 4.79 Å². The Bertz CT molecular complexity index is 457. The smallest absolute Gasteiger partial charge is 0.407 e. The van der Waals surface area contributed by atoms with E-state index in [2.05, 4.69) is 29.2 Å². The van der Waals surface area contributed by atoms with Gasteiger partial charge in [0.05, 0.1) is 6.54 Å². The summed E-state index contributed by atoms with van der Waals surface area (Å²) in [4.78, 5) is 21.9. The number of amides is 1. The maximum absolute atomic E-state index is 11.4. The first-order chi connectivity index (χ1) is 9.97. The number of benzene rings is 1. The predicted octanol–water partition coefficient (Wildman–Crippen LogP) is 2.30. The predicted molar refractivity (Wildman–Crippen MR) is 80.0 cm³/mol. The van der Waals surface area contributed by atoms with Crippen LogP contribution >= 0.6 is 0 Å². The molecule has 0 atom stereocenters. The summed E-state index contributed by atoms with van der Waals surface area (Å²) in [5.41, 5.74) is 1.93. The molecule has 1 amide bonds. The molecule has 0 aromatic heterocycles. The molecule has 0 aliphatic heterocycles. The van der Waals surface area contributed by atoms with E-state index < -0.39 is 6.09 Å². The normalized spacial score (nSPS) is 10.1. The average Bonchev–Trinajstić information content (AvgIpc) is 2.42. The molecule has 0 unspecified atom stereocenters. The summed E-state index contributed by atoms with van der Waals surface area (Å²) in [6, 6.07) is 8.05. The number of ether oxygens (including phenoxy) is 2. The van der Waals surface area contributed by atoms with E-state index in [1.807, 2.05) is 24.3 Å². The monoisotopic (exact) mass is 294 g/mol. The first-order valence-electron chi connectivity index (χ1n) is 6.87. The van der Waals surface area contributed by atoms with Crippen LogP contribution in [0.3, 0.4) is 0 Å². The van der Waals surface area contributed by atoms with Crippen LogP contribution in [0, 0.1) is 0 Å². The van der Waals surface area contributed by atoms with Gasteiger partial charge in [-0.3, -0.25) is 4.79 Å². The van der Waals surface area contributed by atoms with Gasteiger partial charge < -0.3 is 20.1 Å². The van der Waals surface area contributed by atoms with Crippen LogP contribution in [0.15, 0.2) is 24.3 Å². The van der Waals surface area contributed by atoms with Crippen LogP contribution in [0.4, 0.5) is 10.5 Å². The van der Waals surface area contributed by atoms with Crippen LogP contribution in [-0.2, 0) is 20.9 Å². The van der Waals surface area contributed by atoms with Gasteiger partial charge in [-0.15, -0.1) is 0 Å². The molecular weight excluding hydrogens is 272 g/mol. The lowest BCUT2D eigenvalue weighted by Crippen LogP contribution is -2.28. The van der Waals surface area contributed by atoms with Crippen molar-refractivity contribution in [3.63, 3.8) is 0 Å². The zero-order chi connectivity index (χ0) is 15.7. The summed E-state index contributed by atoms with van der Waals surface area (Å²) in [6.07, 6.45) is -0.536. The minimum atomic E-state index is -0.536. The number of anilines is 1. The summed E-state index contributed by atoms with van der Waals surface area (Å²) in [6.45, 7) is 6.02. The van der Waals surface area contributed by atoms with Crippen LogP contribution in [0.2, 0.25) is 0 Å². The topological polar surface area (TPSA) is 76.7 Å². The SMILES string of the molecule is CC(=O)OCCNC(=O)OCc1ccc(NC(C)C)cc1. The van der Waals surface area contributed by atoms with Crippen LogP contribution in [0.1, 0.15) is 26.3 Å². The van der Waals surface area contributed by atoms with Gasteiger partial charge in [-0.05, 0) is 31.5 Å². The van der Waals surface area contributed by atoms with Crippen LogP contribution in [-0.4, -0.2) is 31.3 Å². The van der Waals surface area contributed by atoms with Crippen LogP contribution < -0.4 is 10.6 Å². The van der Waals surface area contributed by atoms with Crippen LogP contribution in [0.5, 0.6) is 0 Å². The zero-order valence-electron chi connectivity index (χ0n) is 12.6. The van der Waals surface area contributed by atoms with E-state index in [4.69, 9.17) is 4.74 Å². The number of carbonyl (C=O) groups is 2. The second kappa shape index (κ2) is 8.84. The third-order valence-corrected chi connectivity index (χ3v) is 2.46. The van der Waals surface area contributed by atoms with Gasteiger partial charge in [-0.1, -0.05) is 12.1 Å². The highest BCUT2D eigenvalue weighted by Gasteiger charge is 2.03. The van der Waals surface area contributed by atoms with E-state index in [0.29, 0.717) is 6.04 Å². The molecule has 1 rings (SSSR count). The molecular formula is C15H22N2O4. The molecule has 6 nitrogen and oxygen atoms in total. The Morgan fingerprint density at radius 3 is 2.38 bits per heavy atom. The Morgan fingerprint density at radius 2 is 1.81 bits per heavy atom. The largest absolute Gasteiger partial charge is 0.464 e. The number of rotatable bonds is 7. The van der Waals surface area contributed by atoms with E-state index >= 15 is 0 Å². The van der Waals surface area contributed by atoms with E-state index in [1.165, 1.54) is 6.92 Å². The molecule has 21 heavy (non-hydrogen) atoms. The minimum absolute atomic E-state index is 0.139. The molecule has 0 aliphatic carbocycles. The summed E-state index contributed by atoms with van der Waals surface area (Å²) >= 11 is 0. The van der Waals surface area contributed by atoms with Crippen molar-refractivity contribution in [2.75, 3.05) is 18.5 Å². The van der Waals surface area contributed by atoms with Crippen molar-refractivity contribution in [2.45, 2.75) is 33.4 Å². The first kappa shape index (κ1) is 16.8. The van der Waals surface area contributed by atoms with Crippen LogP contribution in [0.25, 0.3) is 0 Å². The molecule has 0 bridgehead atoms. The molecule has 0 heterocycles. The summed E-state index contributed by atoms with van der Waals surface area (Å²) in [5, 5.41) is 5.77. The Labute approximate surface area is 124 Å². The average molecular weight is 294 g/mol. The number of hydrogen-bond donors (Lipinski definition) is 2. The highest BCUT2D eigenvalue weighted by molar-refractivity contribution is 5.67. The number of carbonyl (C=O) groups excluding carboxylic acids is 2. The standard InChI is InChI=1S/C15H22N2O4/c1-11(2)17-14-6-4-13(5-7-14)10-21-15(19)16-8-9-20-12(3)18/h4-7,11,17H,8-10H2,1-3H3,(H,16,19). The molecule has 6 heteroatoms. The lowest BCUT2D eigenvalue weighted by molar-refractivity contribution is -0.140. The lowest BCUT2D eigenvalue weighted by atomic mass is 10.2. The van der Waals surface area contributed by atoms with Crippen molar-refractivity contribution in [1.29, 1.82) is 0 Å². The maximum Gasteiger partial charge on any atom is 0.407 e. The van der Waals surface area contributed by atoms with Crippen molar-refractivity contribution in [3.05, 3.63) is 29.8 Å². The molecule has 2 N–H and O–H groups in total. The summed E-state index contributed by atoms with van der Waals surface area (Å²) < 4.78 is 9.73. The van der Waals surface area contributed by atoms with Gasteiger partial charge in [0.15, 0.2) is 0 Å². The quantitative estimate of drug-likeness (QED) is 0.596. The molecule has 1 aromatic carbocycles. The first-order valence-corrected chi connectivity index (χ1v) is 6.87. The molecule has 0 spiro atoms. The highest BCUT2D eigenvalue weighted by Crippen LogP contribution is 2.11. The van der Waals surface area contributed by atoms with Gasteiger partial charge in [0.2, 0.25) is 0 Å². The molecule has 0 saturated carbocycles. The fourth-order valence-corrected chi connectivity index (χ4v) is 1.58. The Morgan fingerprint density at radius 1 is 1.14 bits per heavy atom. The Hall–Kier alpha value is -2.24. The molecule has 0 aliphatic rings. The molecule has 0 radical (unpaired) electrons. The second-order valence-corrected chi connectivity index (χ2v) is 4.84. The van der Waals surface area contributed by atoms with Gasteiger partial charge >= 0.3 is 12.1 Å². The highest BCUT2D eigenvalue weighted by atomic mass is 16.6. The van der Waals surface area contributed by atoms with E-state index in [-0.39, 0.29) is 25.7 Å². The fraction of sp³-hybridized carbons (Fsp3) is 0.467. The zero-order valence-corrected chi connectivity index (χ0v) is 12.6. The van der Waals surface area contributed by atoms with E-state index in [0.717, 1.165) is 11.3 Å². The molecule has 116 valence electrons. The molecule has 0 saturated heterocycles. The van der Waals surface area contributed by atoms with Gasteiger partial charge in [-0.2, -0.15) is 0 Å². The van der Waals surface area contributed by atoms with Crippen molar-refractivity contribution >= 4 is 17.7 Å². The fourth-order valence-electron chi connectivity index (χ4n) is 1.58. The number of hydrogen-bond acceptors (Lipinski definition) is 5. The number of nitrogens with one attached hydrogen (secondary N) is 2. The van der Waals surface area contributed by atoms with Crippen molar-refractivity contribution in [3.8, 4) is 0 Å². The van der Waals surface area contributed by atoms with E-state index in [9.17, 15) is 9.59 Å². The minimum Gasteiger partial charge on any atom is -0.464 e. The third kappa shape index (κ3) is 7.81. The molecule has 0 fully saturated rings. The third-order valence-electron chi connectivity index (χ3n) is 2.46. The molecule has 1 aromatic rings. The van der Waals surface area contributed by atoms with Crippen molar-refractivity contribution in [1.82, 2.24) is 5.32 Å². The van der Waals surface area contributed by atoms with E-state index in [1.54, 1.807) is 0 Å². The summed E-state index contributed by atoms with van der Waals surface area (Å²) in [7, 11) is 0. The van der Waals surface area contributed by atoms with Gasteiger partial charge in [0, 0.05) is 18.7 Å². The summed E-state index contributed by atoms with van der Waals surface area (Å²) in [5.74, 6) is -0.375. The van der Waals surface area contributed by atoms with Crippen molar-refractivity contribution in [2.24, 2.45) is 0 Å². The number of alkyl carbamates (subject to hydrolysis) is 1. The second-order valence-electron chi connectivity index (χ2n) is 4.84. The van der Waals surface area contributed by atoms with Gasteiger partial charge in [0.1, 0.15) is 13.2 Å². The Kier molecular flexibility index (Phi) is 7.08. The maximum atomic E-state index is 11.4. The number of esters is 1. The van der Waals surface area contributed by atoms with Gasteiger partial charge in [0.25, 0.3) is 0 Å². The lowest BCUT2D eigenvalue weighted by Gasteiger charge is -2.11.